The van der Waals surface area contributed by atoms with Crippen molar-refractivity contribution in [2.45, 2.75) is 6.04 Å². The van der Waals surface area contributed by atoms with Crippen LogP contribution in [0.4, 0.5) is 5.82 Å². The number of nitrogens with zero attached hydrogens (tertiary/aromatic N) is 2. The number of aliphatic hydroxyl groups is 1. The number of phosphoric acid groups is 2. The van der Waals surface area contributed by atoms with E-state index in [1.54, 1.807) is 0 Å². The first kappa shape index (κ1) is 23.1. The van der Waals surface area contributed by atoms with E-state index in [1.165, 1.54) is 12.3 Å². The van der Waals surface area contributed by atoms with E-state index in [9.17, 15) is 28.5 Å². The zero-order valence-electron chi connectivity index (χ0n) is 12.8. The lowest BCUT2D eigenvalue weighted by atomic mass is 10.3. The van der Waals surface area contributed by atoms with Gasteiger partial charge in [-0.1, -0.05) is 0 Å². The molecule has 0 fully saturated rings. The van der Waals surface area contributed by atoms with Crippen molar-refractivity contribution in [3.05, 3.63) is 22.7 Å². The van der Waals surface area contributed by atoms with Crippen LogP contribution >= 0.6 is 23.2 Å². The number of aromatic nitrogens is 2. The first-order valence-electron chi connectivity index (χ1n) is 6.41. The third-order valence-electron chi connectivity index (χ3n) is 2.46. The van der Waals surface area contributed by atoms with Crippen molar-refractivity contribution in [2.24, 2.45) is 0 Å². The summed E-state index contributed by atoms with van der Waals surface area (Å²) in [5, 5.41) is 9.26. The summed E-state index contributed by atoms with van der Waals surface area (Å²) < 4.78 is 46.2. The van der Waals surface area contributed by atoms with Crippen molar-refractivity contribution in [3.8, 4) is 0 Å². The van der Waals surface area contributed by atoms with Gasteiger partial charge in [-0.3, -0.25) is 9.13 Å². The molecule has 0 amide bonds. The van der Waals surface area contributed by atoms with E-state index >= 15 is 0 Å². The summed E-state index contributed by atoms with van der Waals surface area (Å²) in [6.07, 6.45) is -0.0184. The maximum Gasteiger partial charge on any atom is 0.488 e. The van der Waals surface area contributed by atoms with E-state index < -0.39 is 54.5 Å². The van der Waals surface area contributed by atoms with Crippen molar-refractivity contribution < 1.29 is 51.7 Å². The highest BCUT2D eigenvalue weighted by molar-refractivity contribution is 7.68. The quantitative estimate of drug-likeness (QED) is 0.233. The SMILES string of the molecule is Nc1ccn(C(CO)COCP(=O)(O)OP(=O)(O)OP(=O)(O)O)c(=O)n1. The third-order valence-corrected chi connectivity index (χ3v) is 6.49. The fraction of sp³-hybridized carbons (Fsp3) is 0.500. The first-order valence-corrected chi connectivity index (χ1v) is 11.2. The van der Waals surface area contributed by atoms with Gasteiger partial charge in [-0.25, -0.2) is 18.2 Å². The normalized spacial score (nSPS) is 18.0. The van der Waals surface area contributed by atoms with Crippen LogP contribution in [0.2, 0.25) is 0 Å². The van der Waals surface area contributed by atoms with Gasteiger partial charge in [-0.2, -0.15) is 9.29 Å². The lowest BCUT2D eigenvalue weighted by molar-refractivity contribution is 0.0910. The van der Waals surface area contributed by atoms with E-state index in [-0.39, 0.29) is 5.82 Å². The summed E-state index contributed by atoms with van der Waals surface area (Å²) in [6, 6.07) is 0.217. The molecular weight excluding hydrogens is 423 g/mol. The van der Waals surface area contributed by atoms with Gasteiger partial charge in [0.15, 0.2) is 0 Å². The minimum atomic E-state index is -5.56. The minimum Gasteiger partial charge on any atom is -0.394 e. The Balaban J connectivity index is 2.69. The second-order valence-corrected chi connectivity index (χ2v) is 9.40. The van der Waals surface area contributed by atoms with Gasteiger partial charge < -0.3 is 35.2 Å². The molecule has 1 aromatic heterocycles. The van der Waals surface area contributed by atoms with E-state index in [2.05, 4.69) is 13.6 Å². The average molecular weight is 439 g/mol. The largest absolute Gasteiger partial charge is 0.488 e. The summed E-state index contributed by atoms with van der Waals surface area (Å²) in [7, 11) is -16.0. The molecule has 1 aromatic rings. The van der Waals surface area contributed by atoms with Gasteiger partial charge >= 0.3 is 28.9 Å². The minimum absolute atomic E-state index is 0.0686. The maximum atomic E-state index is 11.6. The predicted octanol–water partition coefficient (Wildman–Crippen LogP) is -1.26. The molecule has 0 aromatic carbocycles. The molecule has 0 spiro atoms. The highest BCUT2D eigenvalue weighted by Crippen LogP contribution is 2.65. The highest BCUT2D eigenvalue weighted by atomic mass is 31.3. The Labute approximate surface area is 145 Å². The Morgan fingerprint density at radius 2 is 1.81 bits per heavy atom. The lowest BCUT2D eigenvalue weighted by Gasteiger charge is -2.19. The highest BCUT2D eigenvalue weighted by Gasteiger charge is 2.39. The molecule has 7 N–H and O–H groups in total. The number of nitrogens with two attached hydrogens (primary N) is 1. The van der Waals surface area contributed by atoms with Crippen molar-refractivity contribution in [1.29, 1.82) is 0 Å². The number of ether oxygens (including phenoxy) is 1. The van der Waals surface area contributed by atoms with Gasteiger partial charge in [0.25, 0.3) is 0 Å². The number of aliphatic hydroxyl groups excluding tert-OH is 1. The fourth-order valence-electron chi connectivity index (χ4n) is 1.56. The van der Waals surface area contributed by atoms with Gasteiger partial charge in [0.1, 0.15) is 12.2 Å². The van der Waals surface area contributed by atoms with Gasteiger partial charge in [0.05, 0.1) is 19.3 Å². The van der Waals surface area contributed by atoms with Crippen molar-refractivity contribution in [3.63, 3.8) is 0 Å². The van der Waals surface area contributed by atoms with Crippen LogP contribution < -0.4 is 11.4 Å². The second-order valence-electron chi connectivity index (χ2n) is 4.64. The fourth-order valence-corrected chi connectivity index (χ4v) is 4.84. The summed E-state index contributed by atoms with van der Waals surface area (Å²) >= 11 is 0. The predicted molar refractivity (Wildman–Crippen MR) is 83.7 cm³/mol. The smallest absolute Gasteiger partial charge is 0.394 e. The summed E-state index contributed by atoms with van der Waals surface area (Å²) in [6.45, 7) is -1.16. The van der Waals surface area contributed by atoms with Crippen LogP contribution in [0.15, 0.2) is 17.1 Å². The van der Waals surface area contributed by atoms with Gasteiger partial charge in [-0.05, 0) is 6.07 Å². The van der Waals surface area contributed by atoms with Crippen molar-refractivity contribution >= 4 is 29.1 Å². The molecule has 0 radical (unpaired) electrons. The topological polar surface area (TPSA) is 241 Å². The van der Waals surface area contributed by atoms with Crippen LogP contribution in [0, 0.1) is 0 Å². The van der Waals surface area contributed by atoms with Crippen LogP contribution in [0.3, 0.4) is 0 Å². The van der Waals surface area contributed by atoms with E-state index in [0.717, 1.165) is 4.57 Å². The van der Waals surface area contributed by atoms with Gasteiger partial charge in [0, 0.05) is 6.20 Å². The zero-order chi connectivity index (χ0) is 20.2. The molecule has 0 bridgehead atoms. The lowest BCUT2D eigenvalue weighted by Crippen LogP contribution is -2.31. The van der Waals surface area contributed by atoms with Crippen LogP contribution in [0.1, 0.15) is 6.04 Å². The van der Waals surface area contributed by atoms with Gasteiger partial charge in [-0.15, -0.1) is 0 Å². The van der Waals surface area contributed by atoms with E-state index in [0.29, 0.717) is 0 Å². The Morgan fingerprint density at radius 1 is 1.19 bits per heavy atom. The Kier molecular flexibility index (Phi) is 7.84. The molecule has 1 heterocycles. The molecule has 0 aliphatic heterocycles. The van der Waals surface area contributed by atoms with E-state index in [4.69, 9.17) is 25.2 Å². The standard InChI is InChI=1S/C8H16N3O12P3/c9-7-1-2-11(8(13)10-7)6(3-12)4-21-5-24(14,15)22-26(19,20)23-25(16,17)18/h1-2,6,12H,3-5H2,(H,14,15)(H,19,20)(H2,9,10,13)(H2,16,17,18). The second kappa shape index (κ2) is 8.83. The molecular formula is C8H16N3O12P3. The van der Waals surface area contributed by atoms with Crippen molar-refractivity contribution in [2.75, 3.05) is 25.3 Å². The average Bonchev–Trinajstić information content (AvgIpc) is 2.40. The first-order chi connectivity index (χ1) is 11.7. The van der Waals surface area contributed by atoms with Gasteiger partial charge in [0.2, 0.25) is 0 Å². The summed E-state index contributed by atoms with van der Waals surface area (Å²) in [5.41, 5.74) is 4.48. The number of hydrogen-bond acceptors (Lipinski definition) is 10. The molecule has 1 rings (SSSR count). The molecule has 0 saturated heterocycles. The maximum absolute atomic E-state index is 11.6. The van der Waals surface area contributed by atoms with Crippen LogP contribution in [-0.4, -0.2) is 53.8 Å². The molecule has 26 heavy (non-hydrogen) atoms. The number of rotatable bonds is 10. The molecule has 3 atom stereocenters. The molecule has 150 valence electrons. The molecule has 3 unspecified atom stereocenters. The summed E-state index contributed by atoms with van der Waals surface area (Å²) in [4.78, 5) is 50.2. The Hall–Kier alpha value is -0.950. The molecule has 15 nitrogen and oxygen atoms in total. The third kappa shape index (κ3) is 8.16. The van der Waals surface area contributed by atoms with E-state index in [1.807, 2.05) is 0 Å². The Morgan fingerprint density at radius 3 is 2.31 bits per heavy atom. The number of anilines is 1. The van der Waals surface area contributed by atoms with Crippen molar-refractivity contribution in [1.82, 2.24) is 9.55 Å². The van der Waals surface area contributed by atoms with Crippen LogP contribution in [0.25, 0.3) is 0 Å². The summed E-state index contributed by atoms with van der Waals surface area (Å²) in [5.74, 6) is -0.0686. The number of hydrogen-bond donors (Lipinski definition) is 6. The molecule has 0 aliphatic carbocycles. The van der Waals surface area contributed by atoms with Crippen LogP contribution in [0.5, 0.6) is 0 Å². The molecule has 0 saturated carbocycles. The van der Waals surface area contributed by atoms with Crippen LogP contribution in [-0.2, 0) is 27.1 Å². The molecule has 0 aliphatic rings. The Bertz CT molecular complexity index is 820. The number of nitrogen functional groups attached to an aromatic ring is 1. The monoisotopic (exact) mass is 439 g/mol. The zero-order valence-corrected chi connectivity index (χ0v) is 15.4. The molecule has 18 heteroatoms.